The minimum absolute atomic E-state index is 0.0827. The molecule has 0 aromatic heterocycles. The van der Waals surface area contributed by atoms with E-state index >= 15 is 0 Å². The third kappa shape index (κ3) is 5.86. The van der Waals surface area contributed by atoms with E-state index in [4.69, 9.17) is 4.74 Å². The van der Waals surface area contributed by atoms with Gasteiger partial charge in [0, 0.05) is 25.6 Å². The highest BCUT2D eigenvalue weighted by Gasteiger charge is 2.16. The Kier molecular flexibility index (Phi) is 6.95. The zero-order valence-electron chi connectivity index (χ0n) is 15.7. The maximum Gasteiger partial charge on any atom is 0.226 e. The number of hydrogen-bond acceptors (Lipinski definition) is 4. The molecule has 0 unspecified atom stereocenters. The van der Waals surface area contributed by atoms with Gasteiger partial charge in [0.25, 0.3) is 0 Å². The first kappa shape index (κ1) is 20.0. The van der Waals surface area contributed by atoms with Crippen molar-refractivity contribution in [2.75, 3.05) is 16.8 Å². The lowest BCUT2D eigenvalue weighted by molar-refractivity contribution is -0.117. The molecular formula is C21H23N3O3. The number of carbonyl (C=O) groups excluding carboxylic acids is 2. The van der Waals surface area contributed by atoms with Gasteiger partial charge in [-0.3, -0.25) is 9.59 Å². The Morgan fingerprint density at radius 2 is 1.81 bits per heavy atom. The Balaban J connectivity index is 1.98. The molecule has 27 heavy (non-hydrogen) atoms. The number of carbonyl (C=O) groups is 2. The SMILES string of the molecule is CC(=O)N(CCC(=O)Nc1ccc(OC(C)C)cc1)c1ccccc1C#N. The summed E-state index contributed by atoms with van der Waals surface area (Å²) in [7, 11) is 0. The van der Waals surface area contributed by atoms with Gasteiger partial charge in [0.05, 0.1) is 17.4 Å². The highest BCUT2D eigenvalue weighted by molar-refractivity contribution is 5.95. The molecule has 0 aliphatic carbocycles. The highest BCUT2D eigenvalue weighted by atomic mass is 16.5. The van der Waals surface area contributed by atoms with Crippen LogP contribution in [-0.4, -0.2) is 24.5 Å². The topological polar surface area (TPSA) is 82.4 Å². The standard InChI is InChI=1S/C21H23N3O3/c1-15(2)27-19-10-8-18(9-11-19)23-21(26)12-13-24(16(3)25)20-7-5-4-6-17(20)14-22/h4-11,15H,12-13H2,1-3H3,(H,23,26). The quantitative estimate of drug-likeness (QED) is 0.810. The Labute approximate surface area is 159 Å². The summed E-state index contributed by atoms with van der Waals surface area (Å²) in [5.74, 6) is 0.299. The molecule has 140 valence electrons. The summed E-state index contributed by atoms with van der Waals surface area (Å²) in [5.41, 5.74) is 1.56. The molecule has 0 heterocycles. The first-order chi connectivity index (χ1) is 12.9. The van der Waals surface area contributed by atoms with E-state index in [9.17, 15) is 14.9 Å². The number of hydrogen-bond donors (Lipinski definition) is 1. The van der Waals surface area contributed by atoms with Gasteiger partial charge < -0.3 is 15.0 Å². The molecule has 2 rings (SSSR count). The molecule has 0 spiro atoms. The van der Waals surface area contributed by atoms with Crippen molar-refractivity contribution < 1.29 is 14.3 Å². The summed E-state index contributed by atoms with van der Waals surface area (Å²) in [6.07, 6.45) is 0.197. The number of anilines is 2. The second-order valence-electron chi connectivity index (χ2n) is 6.29. The van der Waals surface area contributed by atoms with Crippen LogP contribution in [0.1, 0.15) is 32.8 Å². The minimum atomic E-state index is -0.222. The van der Waals surface area contributed by atoms with Crippen LogP contribution in [0.25, 0.3) is 0 Å². The zero-order valence-corrected chi connectivity index (χ0v) is 15.7. The molecule has 2 aromatic rings. The predicted molar refractivity (Wildman–Crippen MR) is 105 cm³/mol. The summed E-state index contributed by atoms with van der Waals surface area (Å²) < 4.78 is 5.57. The van der Waals surface area contributed by atoms with Gasteiger partial charge in [-0.15, -0.1) is 0 Å². The monoisotopic (exact) mass is 365 g/mol. The number of rotatable bonds is 7. The third-order valence-corrected chi connectivity index (χ3v) is 3.77. The number of amides is 2. The Bertz CT molecular complexity index is 838. The summed E-state index contributed by atoms with van der Waals surface area (Å²) in [5, 5.41) is 12.0. The van der Waals surface area contributed by atoms with E-state index in [0.29, 0.717) is 16.9 Å². The van der Waals surface area contributed by atoms with Crippen molar-refractivity contribution in [1.82, 2.24) is 0 Å². The molecule has 6 heteroatoms. The van der Waals surface area contributed by atoms with Gasteiger partial charge in [-0.25, -0.2) is 0 Å². The minimum Gasteiger partial charge on any atom is -0.491 e. The lowest BCUT2D eigenvalue weighted by atomic mass is 10.1. The van der Waals surface area contributed by atoms with Gasteiger partial charge in [-0.2, -0.15) is 5.26 Å². The first-order valence-electron chi connectivity index (χ1n) is 8.74. The molecule has 0 aliphatic rings. The van der Waals surface area contributed by atoms with Crippen LogP contribution in [0.2, 0.25) is 0 Å². The summed E-state index contributed by atoms with van der Waals surface area (Å²) in [4.78, 5) is 25.7. The normalized spacial score (nSPS) is 10.2. The molecule has 0 aliphatic heterocycles. The number of ether oxygens (including phenoxy) is 1. The molecular weight excluding hydrogens is 342 g/mol. The lowest BCUT2D eigenvalue weighted by Gasteiger charge is -2.22. The van der Waals surface area contributed by atoms with Gasteiger partial charge in [0.1, 0.15) is 11.8 Å². The molecule has 0 saturated carbocycles. The second-order valence-corrected chi connectivity index (χ2v) is 6.29. The largest absolute Gasteiger partial charge is 0.491 e. The predicted octanol–water partition coefficient (Wildman–Crippen LogP) is 3.73. The van der Waals surface area contributed by atoms with Crippen LogP contribution in [-0.2, 0) is 9.59 Å². The number of benzene rings is 2. The average molecular weight is 365 g/mol. The van der Waals surface area contributed by atoms with Crippen molar-refractivity contribution in [1.29, 1.82) is 5.26 Å². The molecule has 0 radical (unpaired) electrons. The van der Waals surface area contributed by atoms with Gasteiger partial charge in [0.15, 0.2) is 0 Å². The van der Waals surface area contributed by atoms with Gasteiger partial charge in [-0.1, -0.05) is 12.1 Å². The number of para-hydroxylation sites is 1. The van der Waals surface area contributed by atoms with Crippen LogP contribution in [0.15, 0.2) is 48.5 Å². The van der Waals surface area contributed by atoms with Crippen molar-refractivity contribution >= 4 is 23.2 Å². The fourth-order valence-electron chi connectivity index (χ4n) is 2.58. The zero-order chi connectivity index (χ0) is 19.8. The fourth-order valence-corrected chi connectivity index (χ4v) is 2.58. The van der Waals surface area contributed by atoms with E-state index in [-0.39, 0.29) is 30.9 Å². The number of nitriles is 1. The van der Waals surface area contributed by atoms with Crippen LogP contribution >= 0.6 is 0 Å². The summed E-state index contributed by atoms with van der Waals surface area (Å²) >= 11 is 0. The molecule has 6 nitrogen and oxygen atoms in total. The highest BCUT2D eigenvalue weighted by Crippen LogP contribution is 2.21. The molecule has 1 N–H and O–H groups in total. The van der Waals surface area contributed by atoms with E-state index in [2.05, 4.69) is 11.4 Å². The van der Waals surface area contributed by atoms with Crippen molar-refractivity contribution in [3.63, 3.8) is 0 Å². The molecule has 2 aromatic carbocycles. The fraction of sp³-hybridized carbons (Fsp3) is 0.286. The Hall–Kier alpha value is -3.33. The van der Waals surface area contributed by atoms with Crippen LogP contribution in [0.3, 0.4) is 0 Å². The maximum absolute atomic E-state index is 12.2. The summed E-state index contributed by atoms with van der Waals surface area (Å²) in [6, 6.07) is 16.0. The van der Waals surface area contributed by atoms with E-state index in [0.717, 1.165) is 5.75 Å². The smallest absolute Gasteiger partial charge is 0.226 e. The van der Waals surface area contributed by atoms with Crippen LogP contribution < -0.4 is 15.0 Å². The second kappa shape index (κ2) is 9.39. The van der Waals surface area contributed by atoms with Gasteiger partial charge in [-0.05, 0) is 50.2 Å². The van der Waals surface area contributed by atoms with E-state index in [1.165, 1.54) is 11.8 Å². The molecule has 0 bridgehead atoms. The van der Waals surface area contributed by atoms with Crippen LogP contribution in [0.5, 0.6) is 5.75 Å². The molecule has 0 atom stereocenters. The van der Waals surface area contributed by atoms with Crippen molar-refractivity contribution in [2.24, 2.45) is 0 Å². The number of nitrogens with zero attached hydrogens (tertiary/aromatic N) is 2. The number of nitrogens with one attached hydrogen (secondary N) is 1. The molecule has 0 saturated heterocycles. The van der Waals surface area contributed by atoms with Gasteiger partial charge >= 0.3 is 0 Å². The molecule has 0 fully saturated rings. The average Bonchev–Trinajstić information content (AvgIpc) is 2.63. The van der Waals surface area contributed by atoms with Crippen molar-refractivity contribution in [3.8, 4) is 11.8 Å². The van der Waals surface area contributed by atoms with Crippen LogP contribution in [0, 0.1) is 11.3 Å². The van der Waals surface area contributed by atoms with Crippen LogP contribution in [0.4, 0.5) is 11.4 Å². The summed E-state index contributed by atoms with van der Waals surface area (Å²) in [6.45, 7) is 5.50. The maximum atomic E-state index is 12.2. The van der Waals surface area contributed by atoms with E-state index in [1.54, 1.807) is 48.5 Å². The van der Waals surface area contributed by atoms with Gasteiger partial charge in [0.2, 0.25) is 11.8 Å². The lowest BCUT2D eigenvalue weighted by Crippen LogP contribution is -2.32. The molecule has 2 amide bonds. The van der Waals surface area contributed by atoms with E-state index < -0.39 is 0 Å². The Morgan fingerprint density at radius 1 is 1.15 bits per heavy atom. The third-order valence-electron chi connectivity index (χ3n) is 3.77. The van der Waals surface area contributed by atoms with Crippen molar-refractivity contribution in [3.05, 3.63) is 54.1 Å². The Morgan fingerprint density at radius 3 is 2.41 bits per heavy atom. The van der Waals surface area contributed by atoms with Crippen molar-refractivity contribution in [2.45, 2.75) is 33.3 Å². The first-order valence-corrected chi connectivity index (χ1v) is 8.74. The van der Waals surface area contributed by atoms with E-state index in [1.807, 2.05) is 13.8 Å².